The summed E-state index contributed by atoms with van der Waals surface area (Å²) < 4.78 is 2.22. The van der Waals surface area contributed by atoms with Gasteiger partial charge in [-0.1, -0.05) is 84.9 Å². The third kappa shape index (κ3) is 4.53. The van der Waals surface area contributed by atoms with Gasteiger partial charge in [0.15, 0.2) is 5.82 Å². The summed E-state index contributed by atoms with van der Waals surface area (Å²) in [6, 6.07) is 45.9. The lowest BCUT2D eigenvalue weighted by atomic mass is 10.0. The van der Waals surface area contributed by atoms with E-state index in [4.69, 9.17) is 15.0 Å². The summed E-state index contributed by atoms with van der Waals surface area (Å²) in [5.41, 5.74) is 10.2. The van der Waals surface area contributed by atoms with Gasteiger partial charge in [0, 0.05) is 51.7 Å². The van der Waals surface area contributed by atoms with Crippen molar-refractivity contribution in [1.82, 2.24) is 24.5 Å². The second-order valence-electron chi connectivity index (χ2n) is 10.4. The maximum absolute atomic E-state index is 5.02. The first-order chi connectivity index (χ1) is 21.3. The first-order valence-electron chi connectivity index (χ1n) is 14.2. The summed E-state index contributed by atoms with van der Waals surface area (Å²) >= 11 is 0. The highest BCUT2D eigenvalue weighted by molar-refractivity contribution is 6.07. The molecule has 0 aliphatic heterocycles. The van der Waals surface area contributed by atoms with Gasteiger partial charge in [0.2, 0.25) is 0 Å². The number of rotatable bonds is 5. The van der Waals surface area contributed by atoms with E-state index < -0.39 is 0 Å². The quantitative estimate of drug-likeness (QED) is 0.214. The molecule has 0 saturated heterocycles. The molecule has 4 aromatic heterocycles. The van der Waals surface area contributed by atoms with Crippen molar-refractivity contribution in [3.05, 3.63) is 152 Å². The third-order valence-corrected chi connectivity index (χ3v) is 7.81. The third-order valence-electron chi connectivity index (χ3n) is 7.81. The number of aromatic nitrogens is 5. The van der Waals surface area contributed by atoms with E-state index in [0.29, 0.717) is 5.82 Å². The fourth-order valence-corrected chi connectivity index (χ4v) is 5.68. The van der Waals surface area contributed by atoms with Crippen LogP contribution < -0.4 is 0 Å². The summed E-state index contributed by atoms with van der Waals surface area (Å²) in [5, 5.41) is 2.34. The van der Waals surface area contributed by atoms with E-state index in [1.165, 1.54) is 5.39 Å². The van der Waals surface area contributed by atoms with Crippen LogP contribution in [-0.2, 0) is 0 Å². The predicted octanol–water partition coefficient (Wildman–Crippen LogP) is 9.03. The average molecular weight is 552 g/mol. The molecule has 202 valence electrons. The highest BCUT2D eigenvalue weighted by atomic mass is 15.0. The predicted molar refractivity (Wildman–Crippen MR) is 174 cm³/mol. The summed E-state index contributed by atoms with van der Waals surface area (Å²) in [5.74, 6) is 0.696. The van der Waals surface area contributed by atoms with Crippen LogP contribution in [0.2, 0.25) is 0 Å². The van der Waals surface area contributed by atoms with Crippen LogP contribution in [-0.4, -0.2) is 24.5 Å². The molecule has 4 aromatic carbocycles. The maximum atomic E-state index is 5.02. The van der Waals surface area contributed by atoms with Gasteiger partial charge in [0.05, 0.1) is 16.9 Å². The van der Waals surface area contributed by atoms with Crippen LogP contribution in [0.15, 0.2) is 152 Å². The van der Waals surface area contributed by atoms with E-state index >= 15 is 0 Å². The maximum Gasteiger partial charge on any atom is 0.160 e. The molecule has 0 unspecified atom stereocenters. The molecule has 0 amide bonds. The molecule has 8 aromatic rings. The van der Waals surface area contributed by atoms with Gasteiger partial charge in [0.1, 0.15) is 5.65 Å². The Morgan fingerprint density at radius 2 is 1.05 bits per heavy atom. The van der Waals surface area contributed by atoms with Crippen LogP contribution >= 0.6 is 0 Å². The van der Waals surface area contributed by atoms with E-state index in [1.807, 2.05) is 67.1 Å². The van der Waals surface area contributed by atoms with Crippen molar-refractivity contribution in [2.75, 3.05) is 0 Å². The number of fused-ring (bicyclic) bond motifs is 3. The Morgan fingerprint density at radius 1 is 0.442 bits per heavy atom. The van der Waals surface area contributed by atoms with Gasteiger partial charge >= 0.3 is 0 Å². The van der Waals surface area contributed by atoms with E-state index in [1.54, 1.807) is 0 Å². The second-order valence-corrected chi connectivity index (χ2v) is 10.4. The van der Waals surface area contributed by atoms with E-state index in [0.717, 1.165) is 61.4 Å². The monoisotopic (exact) mass is 551 g/mol. The van der Waals surface area contributed by atoms with E-state index in [2.05, 4.69) is 94.5 Å². The minimum absolute atomic E-state index is 0.696. The topological polar surface area (TPSA) is 56.5 Å². The molecule has 0 aliphatic carbocycles. The summed E-state index contributed by atoms with van der Waals surface area (Å²) in [7, 11) is 0. The van der Waals surface area contributed by atoms with Crippen LogP contribution in [0.1, 0.15) is 0 Å². The molecule has 8 rings (SSSR count). The van der Waals surface area contributed by atoms with Crippen molar-refractivity contribution in [2.24, 2.45) is 0 Å². The Labute approximate surface area is 248 Å². The van der Waals surface area contributed by atoms with E-state index in [-0.39, 0.29) is 0 Å². The molecule has 0 aliphatic rings. The van der Waals surface area contributed by atoms with Gasteiger partial charge in [-0.25, -0.2) is 15.0 Å². The Balaban J connectivity index is 1.22. The van der Waals surface area contributed by atoms with Crippen LogP contribution in [0.5, 0.6) is 0 Å². The zero-order chi connectivity index (χ0) is 28.6. The fourth-order valence-electron chi connectivity index (χ4n) is 5.68. The van der Waals surface area contributed by atoms with Gasteiger partial charge in [-0.3, -0.25) is 9.55 Å². The number of hydrogen-bond donors (Lipinski definition) is 0. The largest absolute Gasteiger partial charge is 0.294 e. The molecule has 0 radical (unpaired) electrons. The first kappa shape index (κ1) is 24.8. The van der Waals surface area contributed by atoms with Crippen molar-refractivity contribution in [1.29, 1.82) is 0 Å². The van der Waals surface area contributed by atoms with Gasteiger partial charge in [0.25, 0.3) is 0 Å². The summed E-state index contributed by atoms with van der Waals surface area (Å²) in [6.07, 6.45) is 5.48. The summed E-state index contributed by atoms with van der Waals surface area (Å²) in [4.78, 5) is 18.9. The molecule has 0 atom stereocenters. The van der Waals surface area contributed by atoms with Gasteiger partial charge in [-0.05, 0) is 59.7 Å². The Morgan fingerprint density at radius 3 is 1.79 bits per heavy atom. The molecule has 0 saturated carbocycles. The van der Waals surface area contributed by atoms with Crippen LogP contribution in [0.3, 0.4) is 0 Å². The molecule has 0 N–H and O–H groups in total. The number of pyridine rings is 2. The Kier molecular flexibility index (Phi) is 6.05. The van der Waals surface area contributed by atoms with Crippen molar-refractivity contribution in [3.63, 3.8) is 0 Å². The molecular formula is C38H25N5. The molecular weight excluding hydrogens is 526 g/mol. The van der Waals surface area contributed by atoms with Gasteiger partial charge in [-0.15, -0.1) is 0 Å². The lowest BCUT2D eigenvalue weighted by molar-refractivity contribution is 1.13. The highest BCUT2D eigenvalue weighted by Crippen LogP contribution is 2.33. The average Bonchev–Trinajstić information content (AvgIpc) is 3.43. The Bertz CT molecular complexity index is 2150. The standard InChI is InChI=1S/C38H25N5/c1-2-7-30(8-3-1)37-41-34(28-14-12-26(13-15-28)27-20-23-39-24-21-27)25-35(42-37)29-16-18-31(19-17-29)43-36-11-5-4-9-32(36)33-10-6-22-40-38(33)43/h1-25H. The zero-order valence-electron chi connectivity index (χ0n) is 23.2. The second kappa shape index (κ2) is 10.5. The number of nitrogens with zero attached hydrogens (tertiary/aromatic N) is 5. The molecule has 5 nitrogen and oxygen atoms in total. The van der Waals surface area contributed by atoms with Crippen LogP contribution in [0.4, 0.5) is 0 Å². The smallest absolute Gasteiger partial charge is 0.160 e. The van der Waals surface area contributed by atoms with Crippen molar-refractivity contribution in [3.8, 4) is 50.7 Å². The molecule has 4 heterocycles. The first-order valence-corrected chi connectivity index (χ1v) is 14.2. The number of hydrogen-bond acceptors (Lipinski definition) is 4. The molecule has 43 heavy (non-hydrogen) atoms. The molecule has 0 spiro atoms. The fraction of sp³-hybridized carbons (Fsp3) is 0. The lowest BCUT2D eigenvalue weighted by Gasteiger charge is -2.11. The normalized spacial score (nSPS) is 11.3. The van der Waals surface area contributed by atoms with Crippen molar-refractivity contribution in [2.45, 2.75) is 0 Å². The minimum atomic E-state index is 0.696. The van der Waals surface area contributed by atoms with Gasteiger partial charge < -0.3 is 0 Å². The summed E-state index contributed by atoms with van der Waals surface area (Å²) in [6.45, 7) is 0. The number of para-hydroxylation sites is 1. The molecule has 5 heteroatoms. The van der Waals surface area contributed by atoms with Crippen LogP contribution in [0.25, 0.3) is 72.7 Å². The van der Waals surface area contributed by atoms with Crippen molar-refractivity contribution >= 4 is 21.9 Å². The van der Waals surface area contributed by atoms with Crippen molar-refractivity contribution < 1.29 is 0 Å². The highest BCUT2D eigenvalue weighted by Gasteiger charge is 2.14. The minimum Gasteiger partial charge on any atom is -0.294 e. The SMILES string of the molecule is c1ccc(-c2nc(-c3ccc(-c4ccncc4)cc3)cc(-c3ccc(-n4c5ccccc5c5cccnc54)cc3)n2)cc1. The molecule has 0 fully saturated rings. The zero-order valence-corrected chi connectivity index (χ0v) is 23.2. The van der Waals surface area contributed by atoms with Gasteiger partial charge in [-0.2, -0.15) is 0 Å². The Hall–Kier alpha value is -5.94. The molecule has 0 bridgehead atoms. The van der Waals surface area contributed by atoms with E-state index in [9.17, 15) is 0 Å². The number of benzene rings is 4. The lowest BCUT2D eigenvalue weighted by Crippen LogP contribution is -1.97. The van der Waals surface area contributed by atoms with Crippen LogP contribution in [0, 0.1) is 0 Å².